The molecule has 0 rings (SSSR count). The number of amides is 1. The number of alkyl carbamates (subject to hydrolysis) is 1. The van der Waals surface area contributed by atoms with E-state index in [0.29, 0.717) is 13.2 Å². The van der Waals surface area contributed by atoms with Crippen molar-refractivity contribution in [2.75, 3.05) is 20.3 Å². The maximum Gasteiger partial charge on any atom is 0.407 e. The summed E-state index contributed by atoms with van der Waals surface area (Å²) in [6.45, 7) is 4.74. The van der Waals surface area contributed by atoms with Crippen LogP contribution in [0, 0.1) is 0 Å². The van der Waals surface area contributed by atoms with E-state index >= 15 is 0 Å². The van der Waals surface area contributed by atoms with Crippen molar-refractivity contribution >= 4 is 6.09 Å². The second-order valence-corrected chi connectivity index (χ2v) is 2.55. The van der Waals surface area contributed by atoms with Gasteiger partial charge in [0.25, 0.3) is 0 Å². The van der Waals surface area contributed by atoms with Crippen LogP contribution < -0.4 is 5.32 Å². The lowest BCUT2D eigenvalue weighted by molar-refractivity contribution is 0.143. The number of carbonyl (C=O) groups excluding carboxylic acids is 1. The number of ether oxygens (including phenoxy) is 2. The molecule has 72 valence electrons. The second-order valence-electron chi connectivity index (χ2n) is 2.55. The fourth-order valence-corrected chi connectivity index (χ4v) is 0.741. The van der Waals surface area contributed by atoms with Crippen LogP contribution in [0.3, 0.4) is 0 Å². The first-order valence-corrected chi connectivity index (χ1v) is 4.13. The van der Waals surface area contributed by atoms with Crippen molar-refractivity contribution in [3.8, 4) is 0 Å². The van der Waals surface area contributed by atoms with Gasteiger partial charge in [-0.25, -0.2) is 4.79 Å². The molecule has 1 amide bonds. The molecule has 0 radical (unpaired) electrons. The molecular weight excluding hydrogens is 158 g/mol. The molecule has 0 aromatic carbocycles. The molecule has 0 spiro atoms. The fraction of sp³-hybridized carbons (Fsp3) is 0.875. The van der Waals surface area contributed by atoms with Crippen LogP contribution in [0.25, 0.3) is 0 Å². The molecule has 0 aromatic rings. The summed E-state index contributed by atoms with van der Waals surface area (Å²) in [5, 5.41) is 2.67. The highest BCUT2D eigenvalue weighted by Gasteiger charge is 2.06. The summed E-state index contributed by atoms with van der Waals surface area (Å²) in [6, 6.07) is 0.101. The summed E-state index contributed by atoms with van der Waals surface area (Å²) in [5.74, 6) is 0. The van der Waals surface area contributed by atoms with E-state index in [-0.39, 0.29) is 12.1 Å². The van der Waals surface area contributed by atoms with E-state index in [9.17, 15) is 4.79 Å². The van der Waals surface area contributed by atoms with Crippen LogP contribution in [-0.4, -0.2) is 32.5 Å². The van der Waals surface area contributed by atoms with Gasteiger partial charge in [0, 0.05) is 19.8 Å². The van der Waals surface area contributed by atoms with Gasteiger partial charge in [0.15, 0.2) is 0 Å². The Bertz CT molecular complexity index is 127. The molecule has 0 aliphatic carbocycles. The second kappa shape index (κ2) is 6.91. The van der Waals surface area contributed by atoms with Gasteiger partial charge in [0.2, 0.25) is 0 Å². The van der Waals surface area contributed by atoms with Gasteiger partial charge >= 0.3 is 6.09 Å². The highest BCUT2D eigenvalue weighted by atomic mass is 16.5. The first kappa shape index (κ1) is 11.2. The summed E-state index contributed by atoms with van der Waals surface area (Å²) < 4.78 is 9.56. The third-order valence-electron chi connectivity index (χ3n) is 1.39. The Morgan fingerprint density at radius 2 is 2.25 bits per heavy atom. The van der Waals surface area contributed by atoms with Crippen molar-refractivity contribution in [3.05, 3.63) is 0 Å². The lowest BCUT2D eigenvalue weighted by atomic mass is 10.2. The molecule has 0 aromatic heterocycles. The summed E-state index contributed by atoms with van der Waals surface area (Å²) in [5.41, 5.74) is 0. The number of nitrogens with one attached hydrogen (secondary N) is 1. The minimum Gasteiger partial charge on any atom is -0.450 e. The first-order valence-electron chi connectivity index (χ1n) is 4.13. The summed E-state index contributed by atoms with van der Waals surface area (Å²) in [6.07, 6.45) is 0.441. The molecule has 1 N–H and O–H groups in total. The van der Waals surface area contributed by atoms with E-state index in [4.69, 9.17) is 9.47 Å². The van der Waals surface area contributed by atoms with Crippen LogP contribution in [0.5, 0.6) is 0 Å². The predicted octanol–water partition coefficient (Wildman–Crippen LogP) is 1.16. The van der Waals surface area contributed by atoms with E-state index < -0.39 is 0 Å². The van der Waals surface area contributed by atoms with Gasteiger partial charge in [-0.2, -0.15) is 0 Å². The molecule has 0 saturated carbocycles. The first-order chi connectivity index (χ1) is 5.70. The molecule has 12 heavy (non-hydrogen) atoms. The Morgan fingerprint density at radius 1 is 1.58 bits per heavy atom. The monoisotopic (exact) mass is 175 g/mol. The van der Waals surface area contributed by atoms with E-state index in [1.165, 1.54) is 0 Å². The van der Waals surface area contributed by atoms with Crippen LogP contribution >= 0.6 is 0 Å². The average Bonchev–Trinajstić information content (AvgIpc) is 2.01. The molecule has 1 atom stereocenters. The number of methoxy groups -OCH3 is 1. The molecule has 0 aliphatic rings. The van der Waals surface area contributed by atoms with E-state index in [0.717, 1.165) is 6.42 Å². The third-order valence-corrected chi connectivity index (χ3v) is 1.39. The maximum atomic E-state index is 10.8. The number of rotatable bonds is 5. The highest BCUT2D eigenvalue weighted by Crippen LogP contribution is 1.91. The molecule has 0 aliphatic heterocycles. The molecule has 0 fully saturated rings. The lowest BCUT2D eigenvalue weighted by Gasteiger charge is -2.12. The summed E-state index contributed by atoms with van der Waals surface area (Å²) in [7, 11) is 1.64. The normalized spacial score (nSPS) is 12.2. The van der Waals surface area contributed by atoms with Crippen molar-refractivity contribution in [2.45, 2.75) is 26.3 Å². The Kier molecular flexibility index (Phi) is 6.47. The van der Waals surface area contributed by atoms with Crippen molar-refractivity contribution in [3.63, 3.8) is 0 Å². The number of carbonyl (C=O) groups is 1. The quantitative estimate of drug-likeness (QED) is 0.682. The van der Waals surface area contributed by atoms with Gasteiger partial charge in [0.05, 0.1) is 6.61 Å². The maximum absolute atomic E-state index is 10.8. The van der Waals surface area contributed by atoms with Gasteiger partial charge < -0.3 is 14.8 Å². The van der Waals surface area contributed by atoms with Crippen LogP contribution in [-0.2, 0) is 9.47 Å². The molecule has 4 nitrogen and oxygen atoms in total. The molecule has 0 bridgehead atoms. The van der Waals surface area contributed by atoms with Crippen LogP contribution in [0.2, 0.25) is 0 Å². The SMILES string of the molecule is CCOC(=O)NC(C)CCOC. The standard InChI is InChI=1S/C8H17NO3/c1-4-12-8(10)9-7(2)5-6-11-3/h7H,4-6H2,1-3H3,(H,9,10). The smallest absolute Gasteiger partial charge is 0.407 e. The van der Waals surface area contributed by atoms with E-state index in [1.807, 2.05) is 6.92 Å². The highest BCUT2D eigenvalue weighted by molar-refractivity contribution is 5.67. The van der Waals surface area contributed by atoms with Crippen LogP contribution in [0.15, 0.2) is 0 Å². The van der Waals surface area contributed by atoms with Crippen molar-refractivity contribution in [1.82, 2.24) is 5.32 Å². The van der Waals surface area contributed by atoms with E-state index in [1.54, 1.807) is 14.0 Å². The zero-order valence-electron chi connectivity index (χ0n) is 7.92. The van der Waals surface area contributed by atoms with Gasteiger partial charge in [0.1, 0.15) is 0 Å². The van der Waals surface area contributed by atoms with E-state index in [2.05, 4.69) is 5.32 Å². The van der Waals surface area contributed by atoms with Crippen LogP contribution in [0.1, 0.15) is 20.3 Å². The summed E-state index contributed by atoms with van der Waals surface area (Å²) >= 11 is 0. The molecule has 4 heteroatoms. The minimum absolute atomic E-state index is 0.101. The zero-order chi connectivity index (χ0) is 9.40. The van der Waals surface area contributed by atoms with Gasteiger partial charge in [-0.3, -0.25) is 0 Å². The van der Waals surface area contributed by atoms with Crippen molar-refractivity contribution in [2.24, 2.45) is 0 Å². The topological polar surface area (TPSA) is 47.6 Å². The largest absolute Gasteiger partial charge is 0.450 e. The Hall–Kier alpha value is -0.770. The van der Waals surface area contributed by atoms with Crippen LogP contribution in [0.4, 0.5) is 4.79 Å². The molecule has 0 heterocycles. The van der Waals surface area contributed by atoms with Gasteiger partial charge in [-0.1, -0.05) is 0 Å². The van der Waals surface area contributed by atoms with Crippen molar-refractivity contribution in [1.29, 1.82) is 0 Å². The predicted molar refractivity (Wildman–Crippen MR) is 46.1 cm³/mol. The summed E-state index contributed by atoms with van der Waals surface area (Å²) in [4.78, 5) is 10.8. The molecule has 0 saturated heterocycles. The molecular formula is C8H17NO3. The fourth-order valence-electron chi connectivity index (χ4n) is 0.741. The Morgan fingerprint density at radius 3 is 2.75 bits per heavy atom. The number of hydrogen-bond acceptors (Lipinski definition) is 3. The Balaban J connectivity index is 3.40. The average molecular weight is 175 g/mol. The molecule has 1 unspecified atom stereocenters. The van der Waals surface area contributed by atoms with Gasteiger partial charge in [-0.05, 0) is 20.3 Å². The minimum atomic E-state index is -0.360. The zero-order valence-corrected chi connectivity index (χ0v) is 7.92. The number of hydrogen-bond donors (Lipinski definition) is 1. The Labute approximate surface area is 73.2 Å². The lowest BCUT2D eigenvalue weighted by Crippen LogP contribution is -2.33. The van der Waals surface area contributed by atoms with Crippen molar-refractivity contribution < 1.29 is 14.3 Å². The van der Waals surface area contributed by atoms with Gasteiger partial charge in [-0.15, -0.1) is 0 Å². The third kappa shape index (κ3) is 5.97.